The van der Waals surface area contributed by atoms with E-state index in [9.17, 15) is 18.5 Å². The number of hydrogen-bond acceptors (Lipinski definition) is 8. The van der Waals surface area contributed by atoms with Crippen LogP contribution < -0.4 is 0 Å². The summed E-state index contributed by atoms with van der Waals surface area (Å²) in [6.45, 7) is 0. The van der Waals surface area contributed by atoms with Crippen LogP contribution in [-0.4, -0.2) is 44.4 Å². The van der Waals surface area contributed by atoms with Crippen molar-refractivity contribution in [3.8, 4) is 0 Å². The molecule has 0 saturated carbocycles. The van der Waals surface area contributed by atoms with Gasteiger partial charge in [0.15, 0.2) is 15.5 Å². The average Bonchev–Trinajstić information content (AvgIpc) is 3.03. The third-order valence-electron chi connectivity index (χ3n) is 3.96. The van der Waals surface area contributed by atoms with Gasteiger partial charge in [0, 0.05) is 17.9 Å². The van der Waals surface area contributed by atoms with Crippen LogP contribution in [0.1, 0.15) is 6.04 Å². The summed E-state index contributed by atoms with van der Waals surface area (Å²) in [4.78, 5) is 22.7. The van der Waals surface area contributed by atoms with Crippen molar-refractivity contribution >= 4 is 38.5 Å². The molecule has 25 heavy (non-hydrogen) atoms. The molecular formula is C14H11N5O4S2. The van der Waals surface area contributed by atoms with Crippen molar-refractivity contribution in [1.29, 1.82) is 0 Å². The van der Waals surface area contributed by atoms with Gasteiger partial charge in [-0.2, -0.15) is 0 Å². The number of nitrogens with zero attached hydrogens (tertiary/aromatic N) is 5. The molecule has 128 valence electrons. The lowest BCUT2D eigenvalue weighted by atomic mass is 10.3. The molecule has 0 radical (unpaired) electrons. The summed E-state index contributed by atoms with van der Waals surface area (Å²) in [7, 11) is -3.60. The van der Waals surface area contributed by atoms with Gasteiger partial charge in [0.1, 0.15) is 16.9 Å². The fourth-order valence-corrected chi connectivity index (χ4v) is 5.50. The van der Waals surface area contributed by atoms with E-state index in [4.69, 9.17) is 0 Å². The molecule has 0 amide bonds. The molecule has 1 aliphatic heterocycles. The molecule has 0 aliphatic carbocycles. The molecule has 4 rings (SSSR count). The average molecular weight is 377 g/mol. The van der Waals surface area contributed by atoms with E-state index >= 15 is 0 Å². The fourth-order valence-electron chi connectivity index (χ4n) is 2.74. The van der Waals surface area contributed by atoms with E-state index in [0.717, 1.165) is 10.5 Å². The number of hydrogen-bond donors (Lipinski definition) is 0. The molecule has 0 unspecified atom stereocenters. The first kappa shape index (κ1) is 16.0. The van der Waals surface area contributed by atoms with Crippen LogP contribution in [0.5, 0.6) is 0 Å². The highest BCUT2D eigenvalue weighted by atomic mass is 32.2. The van der Waals surface area contributed by atoms with Gasteiger partial charge in [0.05, 0.1) is 27.9 Å². The molecule has 0 spiro atoms. The number of non-ortho nitro benzene ring substituents is 1. The van der Waals surface area contributed by atoms with E-state index in [0.29, 0.717) is 11.4 Å². The summed E-state index contributed by atoms with van der Waals surface area (Å²) < 4.78 is 27.2. The summed E-state index contributed by atoms with van der Waals surface area (Å²) in [6.07, 6.45) is 3.02. The van der Waals surface area contributed by atoms with Gasteiger partial charge in [-0.25, -0.2) is 23.4 Å². The first-order chi connectivity index (χ1) is 12.0. The molecular weight excluding hydrogens is 366 g/mol. The van der Waals surface area contributed by atoms with Gasteiger partial charge < -0.3 is 4.57 Å². The van der Waals surface area contributed by atoms with Gasteiger partial charge in [0.25, 0.3) is 5.69 Å². The number of aromatic nitrogens is 4. The summed E-state index contributed by atoms with van der Waals surface area (Å²) in [5.74, 6) is 0.416. The second kappa shape index (κ2) is 5.77. The maximum absolute atomic E-state index is 12.7. The van der Waals surface area contributed by atoms with Crippen LogP contribution in [0.15, 0.2) is 46.8 Å². The Bertz CT molecular complexity index is 1080. The van der Waals surface area contributed by atoms with Crippen molar-refractivity contribution in [3.05, 3.63) is 47.0 Å². The number of nitro groups is 1. The Kier molecular flexibility index (Phi) is 3.69. The SMILES string of the molecule is O=[N+]([O-])c1ccc(S(=O)(=O)C[C@@H]2CSc3ncnc4ncn2c34)cc1. The normalized spacial score (nSPS) is 16.9. The number of benzene rings is 1. The minimum Gasteiger partial charge on any atom is -0.322 e. The predicted octanol–water partition coefficient (Wildman–Crippen LogP) is 1.86. The Labute approximate surface area is 146 Å². The minimum absolute atomic E-state index is 0.0644. The summed E-state index contributed by atoms with van der Waals surface area (Å²) in [5, 5.41) is 11.5. The molecule has 0 fully saturated rings. The number of rotatable bonds is 4. The molecule has 1 aliphatic rings. The molecule has 1 atom stereocenters. The molecule has 0 saturated heterocycles. The van der Waals surface area contributed by atoms with Crippen LogP contribution >= 0.6 is 11.8 Å². The molecule has 2 aromatic heterocycles. The zero-order chi connectivity index (χ0) is 17.6. The molecule has 1 aromatic carbocycles. The van der Waals surface area contributed by atoms with Gasteiger partial charge in [0.2, 0.25) is 0 Å². The maximum Gasteiger partial charge on any atom is 0.269 e. The third-order valence-corrected chi connectivity index (χ3v) is 6.89. The maximum atomic E-state index is 12.7. The van der Waals surface area contributed by atoms with Gasteiger partial charge in [-0.15, -0.1) is 11.8 Å². The van der Waals surface area contributed by atoms with Gasteiger partial charge in [-0.1, -0.05) is 0 Å². The molecule has 3 heterocycles. The first-order valence-electron chi connectivity index (χ1n) is 7.23. The lowest BCUT2D eigenvalue weighted by Gasteiger charge is -2.23. The highest BCUT2D eigenvalue weighted by molar-refractivity contribution is 7.99. The third kappa shape index (κ3) is 2.74. The largest absolute Gasteiger partial charge is 0.322 e. The Morgan fingerprint density at radius 2 is 2.00 bits per heavy atom. The van der Waals surface area contributed by atoms with E-state index < -0.39 is 14.8 Å². The zero-order valence-electron chi connectivity index (χ0n) is 12.6. The van der Waals surface area contributed by atoms with Crippen molar-refractivity contribution < 1.29 is 13.3 Å². The molecule has 11 heteroatoms. The standard InChI is InChI=1S/C14H11N5O4S2/c20-19(21)9-1-3-11(4-2-9)25(22,23)6-10-5-24-14-12-13(15-7-16-14)17-8-18(10)12/h1-4,7-8,10H,5-6H2/t10-/m0/s1. The van der Waals surface area contributed by atoms with Crippen LogP contribution in [0.2, 0.25) is 0 Å². The van der Waals surface area contributed by atoms with E-state index in [1.807, 2.05) is 0 Å². The van der Waals surface area contributed by atoms with E-state index in [1.165, 1.54) is 42.4 Å². The number of imidazole rings is 1. The zero-order valence-corrected chi connectivity index (χ0v) is 14.3. The number of nitro benzene ring substituents is 1. The molecule has 3 aromatic rings. The topological polar surface area (TPSA) is 121 Å². The lowest BCUT2D eigenvalue weighted by molar-refractivity contribution is -0.384. The van der Waals surface area contributed by atoms with Crippen LogP contribution in [0.4, 0.5) is 5.69 Å². The van der Waals surface area contributed by atoms with Crippen LogP contribution in [-0.2, 0) is 9.84 Å². The lowest BCUT2D eigenvalue weighted by Crippen LogP contribution is -2.24. The highest BCUT2D eigenvalue weighted by Crippen LogP contribution is 2.35. The van der Waals surface area contributed by atoms with E-state index in [1.54, 1.807) is 10.9 Å². The van der Waals surface area contributed by atoms with Gasteiger partial charge in [-0.05, 0) is 12.1 Å². The molecule has 9 nitrogen and oxygen atoms in total. The van der Waals surface area contributed by atoms with Gasteiger partial charge in [-0.3, -0.25) is 10.1 Å². The smallest absolute Gasteiger partial charge is 0.269 e. The van der Waals surface area contributed by atoms with Crippen LogP contribution in [0.25, 0.3) is 11.2 Å². The van der Waals surface area contributed by atoms with Crippen molar-refractivity contribution in [2.45, 2.75) is 16.0 Å². The Balaban J connectivity index is 1.66. The van der Waals surface area contributed by atoms with Crippen molar-refractivity contribution in [1.82, 2.24) is 19.5 Å². The van der Waals surface area contributed by atoms with Crippen molar-refractivity contribution in [3.63, 3.8) is 0 Å². The Morgan fingerprint density at radius 1 is 1.24 bits per heavy atom. The van der Waals surface area contributed by atoms with Crippen LogP contribution in [0, 0.1) is 10.1 Å². The summed E-state index contributed by atoms with van der Waals surface area (Å²) in [5.41, 5.74) is 1.13. The van der Waals surface area contributed by atoms with Crippen molar-refractivity contribution in [2.24, 2.45) is 0 Å². The monoisotopic (exact) mass is 377 g/mol. The van der Waals surface area contributed by atoms with Crippen LogP contribution in [0.3, 0.4) is 0 Å². The summed E-state index contributed by atoms with van der Waals surface area (Å²) >= 11 is 1.47. The van der Waals surface area contributed by atoms with Gasteiger partial charge >= 0.3 is 0 Å². The second-order valence-corrected chi connectivity index (χ2v) is 8.54. The number of sulfone groups is 1. The summed E-state index contributed by atoms with van der Waals surface area (Å²) in [6, 6.07) is 4.62. The Morgan fingerprint density at radius 3 is 2.72 bits per heavy atom. The van der Waals surface area contributed by atoms with Crippen molar-refractivity contribution in [2.75, 3.05) is 11.5 Å². The first-order valence-corrected chi connectivity index (χ1v) is 9.87. The predicted molar refractivity (Wildman–Crippen MR) is 90.2 cm³/mol. The van der Waals surface area contributed by atoms with E-state index in [-0.39, 0.29) is 22.4 Å². The number of thioether (sulfide) groups is 1. The fraction of sp³-hybridized carbons (Fsp3) is 0.214. The Hall–Kier alpha value is -2.53. The highest BCUT2D eigenvalue weighted by Gasteiger charge is 2.29. The molecule has 0 bridgehead atoms. The minimum atomic E-state index is -3.60. The quantitative estimate of drug-likeness (QED) is 0.384. The molecule has 0 N–H and O–H groups in total. The van der Waals surface area contributed by atoms with E-state index in [2.05, 4.69) is 15.0 Å². The second-order valence-electron chi connectivity index (χ2n) is 5.50.